The number of ether oxygens (including phenoxy) is 1. The van der Waals surface area contributed by atoms with Crippen LogP contribution in [0.2, 0.25) is 0 Å². The summed E-state index contributed by atoms with van der Waals surface area (Å²) in [5, 5.41) is 8.68. The molecule has 0 saturated heterocycles. The van der Waals surface area contributed by atoms with Gasteiger partial charge in [0.25, 0.3) is 0 Å². The van der Waals surface area contributed by atoms with Crippen LogP contribution < -0.4 is 10.1 Å². The quantitative estimate of drug-likeness (QED) is 0.532. The van der Waals surface area contributed by atoms with Gasteiger partial charge < -0.3 is 15.0 Å². The Labute approximate surface area is 162 Å². The molecular weight excluding hydrogens is 354 g/mol. The normalized spacial score (nSPS) is 11.1. The fraction of sp³-hybridized carbons (Fsp3) is 0.200. The Balaban J connectivity index is 1.48. The van der Waals surface area contributed by atoms with Crippen LogP contribution in [-0.2, 0) is 0 Å². The number of rotatable bonds is 7. The van der Waals surface area contributed by atoms with Gasteiger partial charge in [0.2, 0.25) is 0 Å². The molecule has 0 radical (unpaired) electrons. The lowest BCUT2D eigenvalue weighted by Gasteiger charge is -2.11. The number of para-hydroxylation sites is 1. The van der Waals surface area contributed by atoms with Gasteiger partial charge in [-0.3, -0.25) is 0 Å². The third kappa shape index (κ3) is 4.07. The van der Waals surface area contributed by atoms with Gasteiger partial charge in [-0.05, 0) is 32.3 Å². The van der Waals surface area contributed by atoms with E-state index < -0.39 is 0 Å². The van der Waals surface area contributed by atoms with E-state index in [-0.39, 0.29) is 0 Å². The Morgan fingerprint density at radius 2 is 1.89 bits per heavy atom. The predicted octanol–water partition coefficient (Wildman–Crippen LogP) is 2.89. The molecule has 0 aliphatic heterocycles. The summed E-state index contributed by atoms with van der Waals surface area (Å²) in [6.07, 6.45) is 5.02. The van der Waals surface area contributed by atoms with Gasteiger partial charge in [-0.15, -0.1) is 0 Å². The predicted molar refractivity (Wildman–Crippen MR) is 108 cm³/mol. The molecule has 3 heterocycles. The Kier molecular flexibility index (Phi) is 5.11. The molecule has 4 rings (SSSR count). The third-order valence-electron chi connectivity index (χ3n) is 4.15. The molecule has 1 aromatic carbocycles. The standard InChI is InChI=1S/C20H21N7O/c1-26(2)9-10-28-16-7-8-18(21-13-16)25-19-11-20(23-14-22-19)27-17-6-4-3-5-15(17)12-24-27/h3-8,11-14H,9-10H2,1-2H3,(H,21,22,23,25). The van der Waals surface area contributed by atoms with Crippen molar-refractivity contribution in [3.8, 4) is 11.6 Å². The van der Waals surface area contributed by atoms with E-state index in [0.717, 1.165) is 23.2 Å². The van der Waals surface area contributed by atoms with Gasteiger partial charge in [0, 0.05) is 18.0 Å². The Morgan fingerprint density at radius 1 is 1.00 bits per heavy atom. The summed E-state index contributed by atoms with van der Waals surface area (Å²) in [6, 6.07) is 13.6. The molecule has 0 amide bonds. The number of nitrogens with zero attached hydrogens (tertiary/aromatic N) is 6. The minimum absolute atomic E-state index is 0.620. The zero-order valence-corrected chi connectivity index (χ0v) is 15.8. The average molecular weight is 375 g/mol. The SMILES string of the molecule is CN(C)CCOc1ccc(Nc2cc(-n3ncc4ccccc43)ncn2)nc1. The molecule has 28 heavy (non-hydrogen) atoms. The monoisotopic (exact) mass is 375 g/mol. The van der Waals surface area contributed by atoms with Crippen molar-refractivity contribution in [3.63, 3.8) is 0 Å². The van der Waals surface area contributed by atoms with Crippen LogP contribution in [0.3, 0.4) is 0 Å². The van der Waals surface area contributed by atoms with Crippen LogP contribution in [0.4, 0.5) is 11.6 Å². The molecule has 0 unspecified atom stereocenters. The fourth-order valence-corrected chi connectivity index (χ4v) is 2.70. The highest BCUT2D eigenvalue weighted by atomic mass is 16.5. The minimum Gasteiger partial charge on any atom is -0.491 e. The lowest BCUT2D eigenvalue weighted by Crippen LogP contribution is -2.19. The van der Waals surface area contributed by atoms with Crippen molar-refractivity contribution in [3.05, 3.63) is 61.2 Å². The zero-order valence-electron chi connectivity index (χ0n) is 15.8. The average Bonchev–Trinajstić information content (AvgIpc) is 3.13. The Hall–Kier alpha value is -3.52. The van der Waals surface area contributed by atoms with Crippen molar-refractivity contribution < 1.29 is 4.74 Å². The second kappa shape index (κ2) is 8.01. The van der Waals surface area contributed by atoms with Gasteiger partial charge in [-0.25, -0.2) is 19.6 Å². The lowest BCUT2D eigenvalue weighted by molar-refractivity contribution is 0.260. The molecule has 0 fully saturated rings. The molecule has 3 aromatic heterocycles. The molecular formula is C20H21N7O. The molecule has 0 aliphatic rings. The molecule has 4 aromatic rings. The summed E-state index contributed by atoms with van der Waals surface area (Å²) in [7, 11) is 4.02. The van der Waals surface area contributed by atoms with Gasteiger partial charge in [0.15, 0.2) is 5.82 Å². The van der Waals surface area contributed by atoms with E-state index in [1.807, 2.05) is 62.8 Å². The van der Waals surface area contributed by atoms with E-state index in [1.54, 1.807) is 10.9 Å². The summed E-state index contributed by atoms with van der Waals surface area (Å²) < 4.78 is 7.45. The van der Waals surface area contributed by atoms with Crippen molar-refractivity contribution >= 4 is 22.5 Å². The first-order chi connectivity index (χ1) is 13.7. The number of likely N-dealkylation sites (N-methyl/N-ethyl adjacent to an activating group) is 1. The van der Waals surface area contributed by atoms with Crippen molar-refractivity contribution in [1.82, 2.24) is 29.6 Å². The van der Waals surface area contributed by atoms with Crippen molar-refractivity contribution in [2.45, 2.75) is 0 Å². The second-order valence-corrected chi connectivity index (χ2v) is 6.53. The minimum atomic E-state index is 0.620. The van der Waals surface area contributed by atoms with Gasteiger partial charge >= 0.3 is 0 Å². The molecule has 142 valence electrons. The largest absolute Gasteiger partial charge is 0.491 e. The highest BCUT2D eigenvalue weighted by molar-refractivity contribution is 5.79. The number of hydrogen-bond acceptors (Lipinski definition) is 7. The van der Waals surface area contributed by atoms with Crippen LogP contribution >= 0.6 is 0 Å². The van der Waals surface area contributed by atoms with Gasteiger partial charge in [0.1, 0.15) is 30.3 Å². The number of hydrogen-bond donors (Lipinski definition) is 1. The first-order valence-corrected chi connectivity index (χ1v) is 8.95. The summed E-state index contributed by atoms with van der Waals surface area (Å²) in [4.78, 5) is 15.1. The number of benzene rings is 1. The molecule has 0 saturated carbocycles. The van der Waals surface area contributed by atoms with Crippen LogP contribution in [0.5, 0.6) is 5.75 Å². The highest BCUT2D eigenvalue weighted by Gasteiger charge is 2.07. The van der Waals surface area contributed by atoms with E-state index in [1.165, 1.54) is 6.33 Å². The summed E-state index contributed by atoms with van der Waals surface area (Å²) >= 11 is 0. The maximum Gasteiger partial charge on any atom is 0.159 e. The van der Waals surface area contributed by atoms with Gasteiger partial charge in [-0.2, -0.15) is 5.10 Å². The smallest absolute Gasteiger partial charge is 0.159 e. The fourth-order valence-electron chi connectivity index (χ4n) is 2.70. The number of pyridine rings is 1. The molecule has 0 aliphatic carbocycles. The highest BCUT2D eigenvalue weighted by Crippen LogP contribution is 2.20. The molecule has 1 N–H and O–H groups in total. The first-order valence-electron chi connectivity index (χ1n) is 8.95. The maximum absolute atomic E-state index is 5.66. The van der Waals surface area contributed by atoms with Crippen molar-refractivity contribution in [2.75, 3.05) is 32.6 Å². The lowest BCUT2D eigenvalue weighted by atomic mass is 10.2. The van der Waals surface area contributed by atoms with Crippen LogP contribution in [0.25, 0.3) is 16.7 Å². The Morgan fingerprint density at radius 3 is 2.71 bits per heavy atom. The van der Waals surface area contributed by atoms with E-state index in [9.17, 15) is 0 Å². The van der Waals surface area contributed by atoms with Crippen molar-refractivity contribution in [2.24, 2.45) is 0 Å². The van der Waals surface area contributed by atoms with Crippen LogP contribution in [0.15, 0.2) is 61.2 Å². The van der Waals surface area contributed by atoms with Gasteiger partial charge in [-0.1, -0.05) is 18.2 Å². The topological polar surface area (TPSA) is 81.0 Å². The van der Waals surface area contributed by atoms with Gasteiger partial charge in [0.05, 0.1) is 17.9 Å². The first kappa shape index (κ1) is 17.9. The summed E-state index contributed by atoms with van der Waals surface area (Å²) in [5.41, 5.74) is 0.990. The van der Waals surface area contributed by atoms with Crippen molar-refractivity contribution in [1.29, 1.82) is 0 Å². The second-order valence-electron chi connectivity index (χ2n) is 6.53. The maximum atomic E-state index is 5.66. The molecule has 0 bridgehead atoms. The third-order valence-corrected chi connectivity index (χ3v) is 4.15. The summed E-state index contributed by atoms with van der Waals surface area (Å²) in [5.74, 6) is 2.73. The molecule has 0 spiro atoms. The van der Waals surface area contributed by atoms with E-state index in [2.05, 4.69) is 30.3 Å². The molecule has 0 atom stereocenters. The zero-order chi connectivity index (χ0) is 19.3. The number of nitrogens with one attached hydrogen (secondary N) is 1. The Bertz CT molecular complexity index is 1060. The number of aromatic nitrogens is 5. The van der Waals surface area contributed by atoms with Crippen LogP contribution in [-0.4, -0.2) is 56.9 Å². The van der Waals surface area contributed by atoms with E-state index in [0.29, 0.717) is 24.1 Å². The van der Waals surface area contributed by atoms with Crippen LogP contribution in [0.1, 0.15) is 0 Å². The number of anilines is 2. The van der Waals surface area contributed by atoms with E-state index >= 15 is 0 Å². The van der Waals surface area contributed by atoms with E-state index in [4.69, 9.17) is 4.74 Å². The molecule has 8 nitrogen and oxygen atoms in total. The van der Waals surface area contributed by atoms with Crippen LogP contribution in [0, 0.1) is 0 Å². The molecule has 8 heteroatoms. The summed E-state index contributed by atoms with van der Waals surface area (Å²) in [6.45, 7) is 1.47. The number of fused-ring (bicyclic) bond motifs is 1.